The highest BCUT2D eigenvalue weighted by Gasteiger charge is 2.29. The smallest absolute Gasteiger partial charge is 0.422 e. The molecule has 0 radical (unpaired) electrons. The van der Waals surface area contributed by atoms with Gasteiger partial charge in [0.1, 0.15) is 5.75 Å². The predicted molar refractivity (Wildman–Crippen MR) is 69.1 cm³/mol. The summed E-state index contributed by atoms with van der Waals surface area (Å²) in [4.78, 5) is 11.9. The highest BCUT2D eigenvalue weighted by atomic mass is 32.2. The van der Waals surface area contributed by atoms with E-state index in [1.54, 1.807) is 19.2 Å². The van der Waals surface area contributed by atoms with E-state index < -0.39 is 18.9 Å². The van der Waals surface area contributed by atoms with Gasteiger partial charge in [-0.15, -0.1) is 11.8 Å². The average Bonchev–Trinajstić information content (AvgIpc) is 2.41. The van der Waals surface area contributed by atoms with Gasteiger partial charge in [-0.05, 0) is 24.3 Å². The third-order valence-corrected chi connectivity index (χ3v) is 3.08. The molecule has 0 fully saturated rings. The molecule has 0 aliphatic rings. The topological polar surface area (TPSA) is 47.6 Å². The normalized spacial score (nSPS) is 11.0. The largest absolute Gasteiger partial charge is 0.497 e. The molecule has 0 heterocycles. The summed E-state index contributed by atoms with van der Waals surface area (Å²) in [6, 6.07) is 7.30. The number of benzene rings is 1. The van der Waals surface area contributed by atoms with Crippen molar-refractivity contribution < 1.29 is 27.4 Å². The molecule has 112 valence electrons. The molecule has 1 aromatic carbocycles. The Balaban J connectivity index is 2.16. The van der Waals surface area contributed by atoms with Gasteiger partial charge in [0.05, 0.1) is 7.11 Å². The number of thioether (sulfide) groups is 1. The maximum atomic E-state index is 11.8. The fourth-order valence-corrected chi connectivity index (χ4v) is 1.96. The van der Waals surface area contributed by atoms with Crippen molar-refractivity contribution in [1.82, 2.24) is 5.32 Å². The molecule has 0 unspecified atom stereocenters. The SMILES string of the molecule is COc1ccc(SCCNC(=O)OCC(F)(F)F)cc1. The van der Waals surface area contributed by atoms with E-state index in [4.69, 9.17) is 4.74 Å². The number of alkyl carbamates (subject to hydrolysis) is 1. The quantitative estimate of drug-likeness (QED) is 0.648. The molecule has 1 rings (SSSR count). The number of hydrogen-bond acceptors (Lipinski definition) is 4. The molecule has 1 aromatic rings. The van der Waals surface area contributed by atoms with Crippen LogP contribution in [0, 0.1) is 0 Å². The van der Waals surface area contributed by atoms with Crippen molar-refractivity contribution in [2.75, 3.05) is 26.0 Å². The van der Waals surface area contributed by atoms with Crippen molar-refractivity contribution in [2.45, 2.75) is 11.1 Å². The van der Waals surface area contributed by atoms with Crippen LogP contribution in [0.15, 0.2) is 29.2 Å². The lowest BCUT2D eigenvalue weighted by Gasteiger charge is -2.09. The van der Waals surface area contributed by atoms with Gasteiger partial charge in [-0.25, -0.2) is 4.79 Å². The van der Waals surface area contributed by atoms with Crippen molar-refractivity contribution in [1.29, 1.82) is 0 Å². The highest BCUT2D eigenvalue weighted by molar-refractivity contribution is 7.99. The molecule has 8 heteroatoms. The molecule has 0 atom stereocenters. The summed E-state index contributed by atoms with van der Waals surface area (Å²) >= 11 is 1.46. The molecule has 0 saturated carbocycles. The zero-order valence-electron chi connectivity index (χ0n) is 10.7. The van der Waals surface area contributed by atoms with E-state index in [0.717, 1.165) is 10.6 Å². The molecule has 0 aliphatic heterocycles. The maximum Gasteiger partial charge on any atom is 0.422 e. The minimum Gasteiger partial charge on any atom is -0.497 e. The molecule has 4 nitrogen and oxygen atoms in total. The van der Waals surface area contributed by atoms with Crippen LogP contribution >= 0.6 is 11.8 Å². The summed E-state index contributed by atoms with van der Waals surface area (Å²) in [5.74, 6) is 1.26. The predicted octanol–water partition coefficient (Wildman–Crippen LogP) is 3.08. The molecule has 0 aromatic heterocycles. The fraction of sp³-hybridized carbons (Fsp3) is 0.417. The number of ether oxygens (including phenoxy) is 2. The number of halogens is 3. The van der Waals surface area contributed by atoms with Gasteiger partial charge >= 0.3 is 12.3 Å². The minimum atomic E-state index is -4.50. The van der Waals surface area contributed by atoms with Gasteiger partial charge in [0.15, 0.2) is 6.61 Å². The van der Waals surface area contributed by atoms with Crippen LogP contribution in [0.3, 0.4) is 0 Å². The number of rotatable bonds is 6. The molecule has 20 heavy (non-hydrogen) atoms. The first-order valence-corrected chi connectivity index (χ1v) is 6.63. The van der Waals surface area contributed by atoms with Gasteiger partial charge in [0.2, 0.25) is 0 Å². The van der Waals surface area contributed by atoms with E-state index in [-0.39, 0.29) is 6.54 Å². The van der Waals surface area contributed by atoms with Gasteiger partial charge in [0, 0.05) is 17.2 Å². The van der Waals surface area contributed by atoms with Crippen molar-refractivity contribution in [3.8, 4) is 5.75 Å². The summed E-state index contributed by atoms with van der Waals surface area (Å²) in [7, 11) is 1.57. The van der Waals surface area contributed by atoms with E-state index in [2.05, 4.69) is 10.1 Å². The van der Waals surface area contributed by atoms with E-state index in [1.807, 2.05) is 12.1 Å². The van der Waals surface area contributed by atoms with Crippen molar-refractivity contribution in [2.24, 2.45) is 0 Å². The Bertz CT molecular complexity index is 423. The molecular formula is C12H14F3NO3S. The maximum absolute atomic E-state index is 11.8. The Morgan fingerprint density at radius 2 is 1.95 bits per heavy atom. The number of alkyl halides is 3. The number of carbonyl (C=O) groups excluding carboxylic acids is 1. The molecular weight excluding hydrogens is 295 g/mol. The van der Waals surface area contributed by atoms with Crippen LogP contribution in [0.4, 0.5) is 18.0 Å². The fourth-order valence-electron chi connectivity index (χ4n) is 1.19. The van der Waals surface area contributed by atoms with Gasteiger partial charge in [-0.3, -0.25) is 0 Å². The number of hydrogen-bond donors (Lipinski definition) is 1. The molecule has 0 bridgehead atoms. The second kappa shape index (κ2) is 7.88. The number of nitrogens with one attached hydrogen (secondary N) is 1. The lowest BCUT2D eigenvalue weighted by Crippen LogP contribution is -2.30. The third-order valence-electron chi connectivity index (χ3n) is 2.07. The van der Waals surface area contributed by atoms with Crippen LogP contribution in [-0.4, -0.2) is 38.3 Å². The molecule has 0 spiro atoms. The summed E-state index contributed by atoms with van der Waals surface area (Å²) in [5, 5.41) is 2.24. The first-order chi connectivity index (χ1) is 9.40. The van der Waals surface area contributed by atoms with Crippen LogP contribution in [0.1, 0.15) is 0 Å². The summed E-state index contributed by atoms with van der Waals surface area (Å²) in [5.41, 5.74) is 0. The lowest BCUT2D eigenvalue weighted by molar-refractivity contribution is -0.160. The zero-order valence-corrected chi connectivity index (χ0v) is 11.5. The highest BCUT2D eigenvalue weighted by Crippen LogP contribution is 2.20. The Kier molecular flexibility index (Phi) is 6.50. The van der Waals surface area contributed by atoms with Gasteiger partial charge < -0.3 is 14.8 Å². The van der Waals surface area contributed by atoms with Crippen LogP contribution in [0.25, 0.3) is 0 Å². The Morgan fingerprint density at radius 1 is 1.30 bits per heavy atom. The minimum absolute atomic E-state index is 0.216. The molecule has 1 amide bonds. The standard InChI is InChI=1S/C12H14F3NO3S/c1-18-9-2-4-10(5-3-9)20-7-6-16-11(17)19-8-12(13,14)15/h2-5H,6-8H2,1H3,(H,16,17). The van der Waals surface area contributed by atoms with E-state index in [1.165, 1.54) is 11.8 Å². The first-order valence-electron chi connectivity index (χ1n) is 5.65. The van der Waals surface area contributed by atoms with Crippen LogP contribution < -0.4 is 10.1 Å². The molecule has 0 saturated heterocycles. The Labute approximate surface area is 118 Å². The van der Waals surface area contributed by atoms with E-state index >= 15 is 0 Å². The number of methoxy groups -OCH3 is 1. The summed E-state index contributed by atoms with van der Waals surface area (Å²) < 4.78 is 44.3. The zero-order chi connectivity index (χ0) is 15.0. The van der Waals surface area contributed by atoms with E-state index in [9.17, 15) is 18.0 Å². The van der Waals surface area contributed by atoms with Gasteiger partial charge in [0.25, 0.3) is 0 Å². The van der Waals surface area contributed by atoms with Crippen molar-refractivity contribution in [3.63, 3.8) is 0 Å². The Morgan fingerprint density at radius 3 is 2.50 bits per heavy atom. The molecule has 1 N–H and O–H groups in total. The second-order valence-electron chi connectivity index (χ2n) is 3.64. The average molecular weight is 309 g/mol. The van der Waals surface area contributed by atoms with E-state index in [0.29, 0.717) is 5.75 Å². The summed E-state index contributed by atoms with van der Waals surface area (Å²) in [6.07, 6.45) is -5.58. The number of amides is 1. The van der Waals surface area contributed by atoms with Crippen LogP contribution in [0.5, 0.6) is 5.75 Å². The molecule has 0 aliphatic carbocycles. The summed E-state index contributed by atoms with van der Waals surface area (Å²) in [6.45, 7) is -1.36. The lowest BCUT2D eigenvalue weighted by atomic mass is 10.3. The second-order valence-corrected chi connectivity index (χ2v) is 4.81. The van der Waals surface area contributed by atoms with Gasteiger partial charge in [-0.2, -0.15) is 13.2 Å². The van der Waals surface area contributed by atoms with Crippen LogP contribution in [0.2, 0.25) is 0 Å². The number of carbonyl (C=O) groups is 1. The Hall–Kier alpha value is -1.57. The van der Waals surface area contributed by atoms with Gasteiger partial charge in [-0.1, -0.05) is 0 Å². The van der Waals surface area contributed by atoms with Crippen LogP contribution in [-0.2, 0) is 4.74 Å². The van der Waals surface area contributed by atoms with Crippen molar-refractivity contribution >= 4 is 17.9 Å². The first kappa shape index (κ1) is 16.5. The van der Waals surface area contributed by atoms with Crippen molar-refractivity contribution in [3.05, 3.63) is 24.3 Å². The third kappa shape index (κ3) is 7.13. The monoisotopic (exact) mass is 309 g/mol.